The van der Waals surface area contributed by atoms with Crippen LogP contribution in [0.3, 0.4) is 0 Å². The first-order valence-electron chi connectivity index (χ1n) is 51.8. The minimum absolute atomic E-state index is 0. The predicted molar refractivity (Wildman–Crippen MR) is 568 cm³/mol. The third-order valence-electron chi connectivity index (χ3n) is 29.4. The molecule has 6 aromatic rings. The molecule has 6 aromatic heterocycles. The average molecular weight is 2030 g/mol. The number of hydrogen-bond donors (Lipinski definition) is 6. The number of ether oxygens (including phenoxy) is 4. The molecule has 4 amide bonds. The molecule has 0 spiro atoms. The molecule has 0 aliphatic carbocycles. The molecule has 10 atom stereocenters. The standard InChI is InChI=1S/C42H52N5O5.C41H51N5O5.2C15H25NO2S.Zn/c1-9-12-13-14-17-43-42(50)39-27(7)35-22-37-29(11-3)25(5)33(45-37)21-36-28(10-2)24(4)32(44-36)20-34-26(6)30(16-15-18-52-23-48)40(46-34)31(41(39)47-35)19-38(49)51-8;1-9-12-13-16-42-41(49)38-26(7)34-21-36-28(11-3)24(5)32(44-36)20-35-27(10-2)23(4)31(43-35)19-33-25(6)29(15-14-17-51-22-47)39(45-33)30(40(38)46-34)18-37(48)50-8;2*1-2-3-6-12(17)7-4-5-8-13-15-11(10-19-13)9-14(18)16-15;/h10,20-23,26,30H,2,9,11-19H2,1,3-8H3,(H2-,43,44,45,46,47,50);10,19-22,25,29,43-44H,2,9,11-18H2,1,3-8H3,(H,42,49);2*11,13,15H,2-10H2,1H3,(H,16,18);/q-1;;;;+2/p-1/t26-,30-;25-,29-;2*11?,13-,15?;/m0000./s1. The number of methoxy groups -OCH3 is 2. The molecule has 16 bridgehead atoms. The van der Waals surface area contributed by atoms with Crippen LogP contribution in [0.25, 0.3) is 78.6 Å². The van der Waals surface area contributed by atoms with Crippen LogP contribution in [0.4, 0.5) is 0 Å². The maximum absolute atomic E-state index is 14.2. The molecular formula is C113H152N12O14S2Zn. The molecule has 8 aliphatic rings. The quantitative estimate of drug-likeness (QED) is 0.00680. The van der Waals surface area contributed by atoms with E-state index in [1.807, 2.05) is 80.7 Å². The van der Waals surface area contributed by atoms with Gasteiger partial charge in [-0.05, 0) is 218 Å². The summed E-state index contributed by atoms with van der Waals surface area (Å²) >= 11 is 4.02. The third-order valence-corrected chi connectivity index (χ3v) is 32.5. The number of fused-ring (bicyclic) bond motifs is 18. The number of aromatic nitrogens is 8. The summed E-state index contributed by atoms with van der Waals surface area (Å²) in [7, 11) is 2.71. The number of aromatic amines is 2. The van der Waals surface area contributed by atoms with Gasteiger partial charge in [0.15, 0.2) is 0 Å². The van der Waals surface area contributed by atoms with Crippen molar-refractivity contribution in [3.8, 4) is 0 Å². The Morgan fingerprint density at radius 2 is 0.986 bits per heavy atom. The SMILES string of the molecule is C=Cc1c(C)c2cc3nc(c(CC(=O)OC)c4[n-]c(cc5nc(cc1[n-]2)C(C)=C5CC)c(C)c4C(=O)NCCCCCC)[C@@H](CCCOC=O)[C@@H]3C.C=Cc1c(C)c2cc3nc(c(CC(=O)OC)c4nc(cc5[nH]c(cc1[nH]2)c(C)c5CC)C(C)=C4C(=O)NCCCCC)[C@@H](CCCOC=O)[C@@H]3C.CCCCC(=O)CCCC[C@@H]1SCC2CC(=O)NC21.CCCCC(=O)CCCC[C@@H]1SCC2CC(=O)NC21.[Zn+2]. The van der Waals surface area contributed by atoms with Gasteiger partial charge in [0.05, 0.1) is 74.3 Å². The second-order valence-corrected chi connectivity index (χ2v) is 41.4. The van der Waals surface area contributed by atoms with Crippen LogP contribution in [0.1, 0.15) is 379 Å². The van der Waals surface area contributed by atoms with Crippen LogP contribution in [-0.4, -0.2) is 165 Å². The predicted octanol–water partition coefficient (Wildman–Crippen LogP) is 21.8. The van der Waals surface area contributed by atoms with Gasteiger partial charge in [-0.1, -0.05) is 168 Å². The van der Waals surface area contributed by atoms with Gasteiger partial charge in [0, 0.05) is 154 Å². The van der Waals surface area contributed by atoms with Crippen LogP contribution in [0.2, 0.25) is 0 Å². The van der Waals surface area contributed by atoms with Crippen LogP contribution in [0, 0.1) is 39.5 Å². The molecule has 0 radical (unpaired) electrons. The summed E-state index contributed by atoms with van der Waals surface area (Å²) in [6.07, 6.45) is 29.7. The number of nitrogens with zero attached hydrogens (tertiary/aromatic N) is 6. The van der Waals surface area contributed by atoms with Gasteiger partial charge in [-0.3, -0.25) is 57.9 Å². The van der Waals surface area contributed by atoms with Gasteiger partial charge in [0.25, 0.3) is 18.9 Å². The number of aryl methyl sites for hydroxylation is 5. The average Bonchev–Trinajstić information content (AvgIpc) is 1.60. The zero-order chi connectivity index (χ0) is 102. The molecule has 4 unspecified atom stereocenters. The van der Waals surface area contributed by atoms with E-state index in [1.165, 1.54) is 14.2 Å². The molecule has 8 aliphatic heterocycles. The van der Waals surface area contributed by atoms with Gasteiger partial charge < -0.3 is 60.2 Å². The van der Waals surface area contributed by atoms with Crippen molar-refractivity contribution < 1.29 is 86.4 Å². The Labute approximate surface area is 860 Å². The smallest absolute Gasteiger partial charge is 0.657 e. The summed E-state index contributed by atoms with van der Waals surface area (Å²) in [6.45, 7) is 39.8. The van der Waals surface area contributed by atoms with Crippen molar-refractivity contribution in [3.63, 3.8) is 0 Å². The number of unbranched alkanes of at least 4 members (excludes halogenated alkanes) is 9. The molecule has 6 N–H and O–H groups in total. The Morgan fingerprint density at radius 1 is 0.486 bits per heavy atom. The van der Waals surface area contributed by atoms with E-state index in [-0.39, 0.29) is 92.8 Å². The number of nitrogens with one attached hydrogen (secondary N) is 6. The Bertz CT molecular complexity index is 5900. The monoisotopic (exact) mass is 2030 g/mol. The van der Waals surface area contributed by atoms with Crippen molar-refractivity contribution in [2.24, 2.45) is 11.8 Å². The van der Waals surface area contributed by atoms with Crippen LogP contribution >= 0.6 is 23.5 Å². The van der Waals surface area contributed by atoms with E-state index in [9.17, 15) is 47.9 Å². The molecule has 26 nitrogen and oxygen atoms in total. The Kier molecular flexibility index (Phi) is 44.5. The third kappa shape index (κ3) is 28.4. The number of H-pyrrole nitrogens is 2. The van der Waals surface area contributed by atoms with Crippen LogP contribution in [-0.2, 0) is 101 Å². The second-order valence-electron chi connectivity index (χ2n) is 38.9. The molecule has 0 saturated carbocycles. The van der Waals surface area contributed by atoms with E-state index in [1.54, 1.807) is 0 Å². The number of esters is 2. The van der Waals surface area contributed by atoms with Crippen LogP contribution in [0.15, 0.2) is 49.6 Å². The zero-order valence-corrected chi connectivity index (χ0v) is 91.6. The van der Waals surface area contributed by atoms with Gasteiger partial charge in [-0.15, -0.1) is 22.1 Å². The van der Waals surface area contributed by atoms with Gasteiger partial charge in [-0.2, -0.15) is 23.5 Å². The van der Waals surface area contributed by atoms with Crippen molar-refractivity contribution in [1.29, 1.82) is 0 Å². The molecule has 4 saturated heterocycles. The number of hydrogen-bond acceptors (Lipinski definition) is 20. The van der Waals surface area contributed by atoms with Gasteiger partial charge in [-0.25, -0.2) is 9.97 Å². The van der Waals surface area contributed by atoms with Gasteiger partial charge in [0.1, 0.15) is 11.6 Å². The minimum atomic E-state index is -0.465. The van der Waals surface area contributed by atoms with Crippen molar-refractivity contribution in [2.75, 3.05) is 52.0 Å². The summed E-state index contributed by atoms with van der Waals surface area (Å²) in [5, 5.41) is 13.7. The number of carbonyl (C=O) groups is 10. The first-order chi connectivity index (χ1) is 68.1. The number of allylic oxidation sites excluding steroid dienone is 3. The summed E-state index contributed by atoms with van der Waals surface area (Å²) in [5.41, 5.74) is 23.7. The molecular weight excluding hydrogens is 1880 g/mol. The number of amides is 4. The first kappa shape index (κ1) is 114. The number of rotatable bonds is 45. The molecule has 762 valence electrons. The van der Waals surface area contributed by atoms with E-state index in [4.69, 9.17) is 48.9 Å². The Morgan fingerprint density at radius 3 is 1.53 bits per heavy atom. The number of carbonyl (C=O) groups excluding carboxylic acids is 10. The second kappa shape index (κ2) is 55.6. The fourth-order valence-corrected chi connectivity index (χ4v) is 24.3. The Hall–Kier alpha value is -10.4. The van der Waals surface area contributed by atoms with Gasteiger partial charge in [0.2, 0.25) is 17.7 Å². The van der Waals surface area contributed by atoms with E-state index >= 15 is 0 Å². The largest absolute Gasteiger partial charge is 2.00 e. The van der Waals surface area contributed by atoms with Crippen molar-refractivity contribution >= 4 is 162 Å². The topological polar surface area (TPSA) is 367 Å². The molecule has 142 heavy (non-hydrogen) atoms. The summed E-state index contributed by atoms with van der Waals surface area (Å²) in [4.78, 5) is 161. The number of thioether (sulfide) groups is 2. The van der Waals surface area contributed by atoms with E-state index in [0.717, 1.165) is 278 Å². The van der Waals surface area contributed by atoms with Gasteiger partial charge >= 0.3 is 31.4 Å². The molecule has 0 aromatic carbocycles. The van der Waals surface area contributed by atoms with Crippen LogP contribution < -0.4 is 31.2 Å². The van der Waals surface area contributed by atoms with E-state index in [2.05, 4.69) is 133 Å². The summed E-state index contributed by atoms with van der Waals surface area (Å²) in [5.74, 6) is 2.84. The maximum atomic E-state index is 14.2. The summed E-state index contributed by atoms with van der Waals surface area (Å²) < 4.78 is 20.6. The van der Waals surface area contributed by atoms with E-state index in [0.29, 0.717) is 159 Å². The Balaban J connectivity index is 0.000000213. The molecule has 29 heteroatoms. The first-order valence-corrected chi connectivity index (χ1v) is 53.9. The van der Waals surface area contributed by atoms with Crippen molar-refractivity contribution in [3.05, 3.63) is 151 Å². The fraction of sp³-hybridized carbons (Fsp3) is 0.558. The zero-order valence-electron chi connectivity index (χ0n) is 87.0. The maximum Gasteiger partial charge on any atom is 2.00 e. The molecule has 4 fully saturated rings. The number of ketones is 2. The summed E-state index contributed by atoms with van der Waals surface area (Å²) in [6, 6.07) is 13.0. The van der Waals surface area contributed by atoms with E-state index < -0.39 is 11.9 Å². The number of Topliss-reactive ketones (excluding diaryl/α,β-unsaturated/α-hetero) is 2. The fourth-order valence-electron chi connectivity index (χ4n) is 21.0. The molecule has 14 heterocycles. The van der Waals surface area contributed by atoms with Crippen LogP contribution in [0.5, 0.6) is 0 Å². The molecule has 14 rings (SSSR count). The van der Waals surface area contributed by atoms with Crippen molar-refractivity contribution in [2.45, 2.75) is 342 Å². The normalized spacial score (nSPS) is 19.1. The van der Waals surface area contributed by atoms with Crippen molar-refractivity contribution in [1.82, 2.24) is 61.1 Å². The minimum Gasteiger partial charge on any atom is -0.657 e.